The SMILES string of the molecule is CCOC1CC(Nc2cc(OC)ccc2F)C1(C)CC. The summed E-state index contributed by atoms with van der Waals surface area (Å²) in [5, 5.41) is 3.32. The third-order valence-corrected chi connectivity index (χ3v) is 4.61. The monoisotopic (exact) mass is 281 g/mol. The minimum atomic E-state index is -0.246. The summed E-state index contributed by atoms with van der Waals surface area (Å²) in [6, 6.07) is 5.00. The van der Waals surface area contributed by atoms with Gasteiger partial charge in [0.2, 0.25) is 0 Å². The fourth-order valence-electron chi connectivity index (χ4n) is 2.90. The lowest BCUT2D eigenvalue weighted by Crippen LogP contribution is -2.59. The maximum Gasteiger partial charge on any atom is 0.146 e. The van der Waals surface area contributed by atoms with E-state index >= 15 is 0 Å². The van der Waals surface area contributed by atoms with Crippen LogP contribution in [0.15, 0.2) is 18.2 Å². The fourth-order valence-corrected chi connectivity index (χ4v) is 2.90. The molecule has 4 heteroatoms. The Labute approximate surface area is 120 Å². The third-order valence-electron chi connectivity index (χ3n) is 4.61. The van der Waals surface area contributed by atoms with Gasteiger partial charge in [0.15, 0.2) is 0 Å². The molecule has 3 nitrogen and oxygen atoms in total. The first kappa shape index (κ1) is 15.1. The lowest BCUT2D eigenvalue weighted by molar-refractivity contribution is -0.109. The number of nitrogens with one attached hydrogen (secondary N) is 1. The molecule has 1 aliphatic carbocycles. The van der Waals surface area contributed by atoms with E-state index in [0.29, 0.717) is 11.4 Å². The summed E-state index contributed by atoms with van der Waals surface area (Å²) >= 11 is 0. The molecule has 0 amide bonds. The second-order valence-electron chi connectivity index (χ2n) is 5.58. The van der Waals surface area contributed by atoms with Crippen LogP contribution in [0, 0.1) is 11.2 Å². The van der Waals surface area contributed by atoms with E-state index < -0.39 is 0 Å². The molecular weight excluding hydrogens is 257 g/mol. The van der Waals surface area contributed by atoms with Crippen LogP contribution >= 0.6 is 0 Å². The van der Waals surface area contributed by atoms with Crippen LogP contribution in [0.1, 0.15) is 33.6 Å². The Morgan fingerprint density at radius 3 is 2.75 bits per heavy atom. The van der Waals surface area contributed by atoms with Crippen molar-refractivity contribution in [2.24, 2.45) is 5.41 Å². The molecular formula is C16H24FNO2. The molecule has 1 N–H and O–H groups in total. The summed E-state index contributed by atoms with van der Waals surface area (Å²) in [5.74, 6) is 0.414. The Kier molecular flexibility index (Phi) is 4.53. The van der Waals surface area contributed by atoms with Gasteiger partial charge in [0.25, 0.3) is 0 Å². The van der Waals surface area contributed by atoms with Gasteiger partial charge in [-0.2, -0.15) is 0 Å². The molecule has 1 aromatic carbocycles. The molecule has 0 bridgehead atoms. The zero-order chi connectivity index (χ0) is 14.8. The number of rotatable bonds is 6. The predicted octanol–water partition coefficient (Wildman–Crippen LogP) is 3.84. The van der Waals surface area contributed by atoms with Gasteiger partial charge in [-0.25, -0.2) is 4.39 Å². The van der Waals surface area contributed by atoms with Crippen molar-refractivity contribution in [2.75, 3.05) is 19.0 Å². The van der Waals surface area contributed by atoms with E-state index in [0.717, 1.165) is 19.4 Å². The van der Waals surface area contributed by atoms with Crippen molar-refractivity contribution in [1.29, 1.82) is 0 Å². The van der Waals surface area contributed by atoms with Gasteiger partial charge in [0, 0.05) is 24.1 Å². The van der Waals surface area contributed by atoms with Gasteiger partial charge >= 0.3 is 0 Å². The van der Waals surface area contributed by atoms with Crippen LogP contribution in [0.3, 0.4) is 0 Å². The Balaban J connectivity index is 2.11. The number of halogens is 1. The van der Waals surface area contributed by atoms with Crippen LogP contribution in [0.5, 0.6) is 5.75 Å². The van der Waals surface area contributed by atoms with Crippen LogP contribution in [-0.4, -0.2) is 25.9 Å². The number of ether oxygens (including phenoxy) is 2. The molecule has 1 aliphatic rings. The van der Waals surface area contributed by atoms with Crippen LogP contribution in [0.4, 0.5) is 10.1 Å². The average molecular weight is 281 g/mol. The maximum atomic E-state index is 13.9. The first-order chi connectivity index (χ1) is 9.55. The Hall–Kier alpha value is -1.29. The van der Waals surface area contributed by atoms with E-state index in [2.05, 4.69) is 19.2 Å². The predicted molar refractivity (Wildman–Crippen MR) is 78.8 cm³/mol. The number of benzene rings is 1. The lowest BCUT2D eigenvalue weighted by Gasteiger charge is -2.53. The first-order valence-corrected chi connectivity index (χ1v) is 7.26. The smallest absolute Gasteiger partial charge is 0.146 e. The number of hydrogen-bond donors (Lipinski definition) is 1. The molecule has 0 aromatic heterocycles. The summed E-state index contributed by atoms with van der Waals surface area (Å²) in [6.45, 7) is 7.09. The van der Waals surface area contributed by atoms with Gasteiger partial charge in [0.1, 0.15) is 11.6 Å². The van der Waals surface area contributed by atoms with Crippen molar-refractivity contribution < 1.29 is 13.9 Å². The molecule has 112 valence electrons. The van der Waals surface area contributed by atoms with Gasteiger partial charge < -0.3 is 14.8 Å². The minimum Gasteiger partial charge on any atom is -0.497 e. The van der Waals surface area contributed by atoms with E-state index in [9.17, 15) is 4.39 Å². The Morgan fingerprint density at radius 2 is 2.15 bits per heavy atom. The molecule has 2 rings (SSSR count). The van der Waals surface area contributed by atoms with E-state index in [-0.39, 0.29) is 23.4 Å². The van der Waals surface area contributed by atoms with Crippen molar-refractivity contribution >= 4 is 5.69 Å². The molecule has 3 atom stereocenters. The highest BCUT2D eigenvalue weighted by atomic mass is 19.1. The second kappa shape index (κ2) is 6.00. The summed E-state index contributed by atoms with van der Waals surface area (Å²) in [5.41, 5.74) is 0.551. The van der Waals surface area contributed by atoms with Crippen molar-refractivity contribution in [3.05, 3.63) is 24.0 Å². The van der Waals surface area contributed by atoms with E-state index in [1.54, 1.807) is 19.2 Å². The van der Waals surface area contributed by atoms with Crippen molar-refractivity contribution in [2.45, 2.75) is 45.8 Å². The standard InChI is InChI=1S/C16H24FNO2/c1-5-16(3)14(10-15(16)20-6-2)18-13-9-11(19-4)7-8-12(13)17/h7-9,14-15,18H,5-6,10H2,1-4H3. The van der Waals surface area contributed by atoms with Crippen LogP contribution in [-0.2, 0) is 4.74 Å². The van der Waals surface area contributed by atoms with E-state index in [4.69, 9.17) is 9.47 Å². The number of anilines is 1. The molecule has 0 heterocycles. The zero-order valence-electron chi connectivity index (χ0n) is 12.7. The quantitative estimate of drug-likeness (QED) is 0.859. The van der Waals surface area contributed by atoms with Crippen LogP contribution < -0.4 is 10.1 Å². The molecule has 1 fully saturated rings. The highest BCUT2D eigenvalue weighted by Crippen LogP contribution is 2.47. The molecule has 1 saturated carbocycles. The molecule has 0 aliphatic heterocycles. The van der Waals surface area contributed by atoms with Crippen LogP contribution in [0.25, 0.3) is 0 Å². The van der Waals surface area contributed by atoms with Crippen molar-refractivity contribution in [1.82, 2.24) is 0 Å². The van der Waals surface area contributed by atoms with Gasteiger partial charge in [-0.15, -0.1) is 0 Å². The first-order valence-electron chi connectivity index (χ1n) is 7.26. The summed E-state index contributed by atoms with van der Waals surface area (Å²) in [4.78, 5) is 0. The molecule has 0 radical (unpaired) electrons. The van der Waals surface area contributed by atoms with Gasteiger partial charge in [-0.1, -0.05) is 13.8 Å². The largest absolute Gasteiger partial charge is 0.497 e. The second-order valence-corrected chi connectivity index (χ2v) is 5.58. The highest BCUT2D eigenvalue weighted by molar-refractivity contribution is 5.51. The number of methoxy groups -OCH3 is 1. The maximum absolute atomic E-state index is 13.9. The lowest BCUT2D eigenvalue weighted by atomic mass is 9.61. The summed E-state index contributed by atoms with van der Waals surface area (Å²) in [6.07, 6.45) is 2.17. The summed E-state index contributed by atoms with van der Waals surface area (Å²) < 4.78 is 24.8. The van der Waals surface area contributed by atoms with Crippen LogP contribution in [0.2, 0.25) is 0 Å². The minimum absolute atomic E-state index is 0.0471. The summed E-state index contributed by atoms with van der Waals surface area (Å²) in [7, 11) is 1.58. The zero-order valence-corrected chi connectivity index (χ0v) is 12.7. The topological polar surface area (TPSA) is 30.5 Å². The molecule has 3 unspecified atom stereocenters. The molecule has 0 saturated heterocycles. The highest BCUT2D eigenvalue weighted by Gasteiger charge is 2.51. The number of hydrogen-bond acceptors (Lipinski definition) is 3. The Morgan fingerprint density at radius 1 is 1.40 bits per heavy atom. The molecule has 1 aromatic rings. The van der Waals surface area contributed by atoms with Gasteiger partial charge in [-0.05, 0) is 31.9 Å². The van der Waals surface area contributed by atoms with Crippen molar-refractivity contribution in [3.8, 4) is 5.75 Å². The van der Waals surface area contributed by atoms with E-state index in [1.165, 1.54) is 6.07 Å². The van der Waals surface area contributed by atoms with Crippen molar-refractivity contribution in [3.63, 3.8) is 0 Å². The van der Waals surface area contributed by atoms with E-state index in [1.807, 2.05) is 6.92 Å². The van der Waals surface area contributed by atoms with Gasteiger partial charge in [-0.3, -0.25) is 0 Å². The Bertz CT molecular complexity index is 466. The average Bonchev–Trinajstić information content (AvgIpc) is 2.47. The van der Waals surface area contributed by atoms with Gasteiger partial charge in [0.05, 0.1) is 18.9 Å². The molecule has 20 heavy (non-hydrogen) atoms. The third kappa shape index (κ3) is 2.62. The normalized spacial score (nSPS) is 28.9. The molecule has 0 spiro atoms. The fraction of sp³-hybridized carbons (Fsp3) is 0.625.